The molecular formula is C49H47N. The zero-order valence-corrected chi connectivity index (χ0v) is 30.2. The van der Waals surface area contributed by atoms with Crippen LogP contribution in [0.15, 0.2) is 188 Å². The summed E-state index contributed by atoms with van der Waals surface area (Å²) in [5.41, 5.74) is 13.2. The molecule has 0 aromatic heterocycles. The summed E-state index contributed by atoms with van der Waals surface area (Å²) in [6, 6.07) is 25.9. The van der Waals surface area contributed by atoms with E-state index in [0.29, 0.717) is 0 Å². The predicted molar refractivity (Wildman–Crippen MR) is 223 cm³/mol. The molecule has 5 rings (SSSR count). The first-order valence-electron chi connectivity index (χ1n) is 16.9. The Morgan fingerprint density at radius 3 is 1.54 bits per heavy atom. The molecule has 0 aliphatic rings. The minimum atomic E-state index is 0.830. The van der Waals surface area contributed by atoms with Gasteiger partial charge in [-0.15, -0.1) is 0 Å². The van der Waals surface area contributed by atoms with Crippen molar-refractivity contribution in [1.29, 1.82) is 0 Å². The molecular weight excluding hydrogens is 603 g/mol. The molecule has 0 aliphatic carbocycles. The Kier molecular flexibility index (Phi) is 10.7. The van der Waals surface area contributed by atoms with Crippen molar-refractivity contribution < 1.29 is 0 Å². The molecule has 5 aromatic carbocycles. The molecule has 50 heavy (non-hydrogen) atoms. The lowest BCUT2D eigenvalue weighted by Gasteiger charge is -2.26. The maximum absolute atomic E-state index is 4.50. The van der Waals surface area contributed by atoms with Crippen LogP contribution in [-0.2, 0) is 0 Å². The maximum atomic E-state index is 4.50. The van der Waals surface area contributed by atoms with Crippen molar-refractivity contribution in [3.8, 4) is 0 Å². The van der Waals surface area contributed by atoms with Crippen molar-refractivity contribution in [2.75, 3.05) is 4.90 Å². The summed E-state index contributed by atoms with van der Waals surface area (Å²) in [6.07, 6.45) is 16.3. The highest BCUT2D eigenvalue weighted by Gasteiger charge is 2.15. The SMILES string of the molecule is C=C(C)/C=C\C(=C)C(=Cc1ccc(N(C(=C)/C=C\C(=C)C=c2c3ccc(C)c4c(C)ccc2c43)c2ccc(C)cc2)cc1)C(=C)/C=C\C(=C)C. The second kappa shape index (κ2) is 15.1. The number of hydrogen-bond donors (Lipinski definition) is 0. The predicted octanol–water partition coefficient (Wildman–Crippen LogP) is 13.1. The Bertz CT molecular complexity index is 2240. The highest BCUT2D eigenvalue weighted by atomic mass is 15.1. The van der Waals surface area contributed by atoms with E-state index < -0.39 is 0 Å². The molecule has 0 amide bonds. The van der Waals surface area contributed by atoms with E-state index in [0.717, 1.165) is 56.1 Å². The first-order chi connectivity index (χ1) is 23.8. The fraction of sp³-hybridized carbons (Fsp3) is 0.102. The van der Waals surface area contributed by atoms with E-state index in [2.05, 4.69) is 150 Å². The van der Waals surface area contributed by atoms with E-state index in [1.54, 1.807) is 0 Å². The van der Waals surface area contributed by atoms with Crippen LogP contribution in [0.4, 0.5) is 11.4 Å². The molecule has 1 heteroatoms. The van der Waals surface area contributed by atoms with E-state index in [9.17, 15) is 0 Å². The van der Waals surface area contributed by atoms with E-state index in [1.807, 2.05) is 50.3 Å². The lowest BCUT2D eigenvalue weighted by molar-refractivity contribution is 1.21. The standard InChI is InChI=1S/C49H47N/c1-32(2)12-17-36(7)46(37(8)18-13-33(3)4)31-41-22-26-43(27-23-41)50(42-24-15-34(5)16-25-42)40(11)21-14-35(6)30-47-44-28-19-38(9)48-39(10)20-29-45(47)49(44)48/h12-31H,1,3,6-8,11H2,2,4-5,9-10H3/b17-12-,18-13-,21-14-. The third-order valence-electron chi connectivity index (χ3n) is 8.85. The van der Waals surface area contributed by atoms with Gasteiger partial charge in [0.25, 0.3) is 0 Å². The third kappa shape index (κ3) is 7.86. The first kappa shape index (κ1) is 35.4. The molecule has 0 bridgehead atoms. The number of benzene rings is 4. The van der Waals surface area contributed by atoms with Gasteiger partial charge in [0.15, 0.2) is 0 Å². The highest BCUT2D eigenvalue weighted by molar-refractivity contribution is 6.19. The fourth-order valence-electron chi connectivity index (χ4n) is 6.19. The molecule has 0 N–H and O–H groups in total. The molecule has 0 atom stereocenters. The summed E-state index contributed by atoms with van der Waals surface area (Å²) < 4.78 is 0. The molecule has 1 nitrogen and oxygen atoms in total. The zero-order valence-electron chi connectivity index (χ0n) is 30.2. The lowest BCUT2D eigenvalue weighted by Crippen LogP contribution is -2.14. The van der Waals surface area contributed by atoms with Crippen molar-refractivity contribution in [2.24, 2.45) is 0 Å². The van der Waals surface area contributed by atoms with Gasteiger partial charge in [0, 0.05) is 17.1 Å². The van der Waals surface area contributed by atoms with E-state index in [4.69, 9.17) is 0 Å². The van der Waals surface area contributed by atoms with E-state index >= 15 is 0 Å². The lowest BCUT2D eigenvalue weighted by atomic mass is 9.87. The molecule has 0 spiro atoms. The number of allylic oxidation sites excluding steroid dienone is 12. The molecule has 0 radical (unpaired) electrons. The van der Waals surface area contributed by atoms with Crippen molar-refractivity contribution in [3.63, 3.8) is 0 Å². The van der Waals surface area contributed by atoms with Crippen LogP contribution in [0.3, 0.4) is 0 Å². The molecule has 0 fully saturated rings. The summed E-state index contributed by atoms with van der Waals surface area (Å²) in [5, 5.41) is 6.56. The first-order valence-corrected chi connectivity index (χ1v) is 16.9. The van der Waals surface area contributed by atoms with Crippen LogP contribution in [-0.4, -0.2) is 0 Å². The number of aryl methyl sites for hydroxylation is 3. The normalized spacial score (nSPS) is 11.5. The van der Waals surface area contributed by atoms with Crippen LogP contribution in [0, 0.1) is 20.8 Å². The number of hydrogen-bond acceptors (Lipinski definition) is 1. The summed E-state index contributed by atoms with van der Waals surface area (Å²) in [7, 11) is 0. The Labute approximate surface area is 299 Å². The van der Waals surface area contributed by atoms with Crippen LogP contribution in [0.5, 0.6) is 0 Å². The summed E-state index contributed by atoms with van der Waals surface area (Å²) in [6.45, 7) is 35.9. The molecule has 0 heterocycles. The Hall–Kier alpha value is -5.92. The van der Waals surface area contributed by atoms with Crippen molar-refractivity contribution >= 4 is 45.1 Å². The van der Waals surface area contributed by atoms with Crippen LogP contribution in [0.2, 0.25) is 0 Å². The zero-order chi connectivity index (χ0) is 36.1. The van der Waals surface area contributed by atoms with E-state index in [1.165, 1.54) is 43.5 Å². The van der Waals surface area contributed by atoms with Crippen LogP contribution >= 0.6 is 0 Å². The average Bonchev–Trinajstić information content (AvgIpc) is 3.08. The maximum Gasteiger partial charge on any atom is 0.0461 e. The van der Waals surface area contributed by atoms with Crippen LogP contribution in [0.1, 0.15) is 36.1 Å². The highest BCUT2D eigenvalue weighted by Crippen LogP contribution is 2.34. The van der Waals surface area contributed by atoms with Gasteiger partial charge in [-0.05, 0) is 143 Å². The van der Waals surface area contributed by atoms with Gasteiger partial charge >= 0.3 is 0 Å². The van der Waals surface area contributed by atoms with Gasteiger partial charge in [0.2, 0.25) is 0 Å². The summed E-state index contributed by atoms with van der Waals surface area (Å²) >= 11 is 0. The van der Waals surface area contributed by atoms with Crippen molar-refractivity contribution in [2.45, 2.75) is 34.6 Å². The number of anilines is 2. The molecule has 0 unspecified atom stereocenters. The van der Waals surface area contributed by atoms with Gasteiger partial charge in [-0.25, -0.2) is 0 Å². The van der Waals surface area contributed by atoms with Gasteiger partial charge < -0.3 is 4.90 Å². The van der Waals surface area contributed by atoms with Gasteiger partial charge in [0.05, 0.1) is 0 Å². The number of nitrogens with zero attached hydrogens (tertiary/aromatic N) is 1. The monoisotopic (exact) mass is 649 g/mol. The quantitative estimate of drug-likeness (QED) is 0.115. The molecule has 248 valence electrons. The largest absolute Gasteiger partial charge is 0.311 e. The van der Waals surface area contributed by atoms with E-state index in [-0.39, 0.29) is 0 Å². The summed E-state index contributed by atoms with van der Waals surface area (Å²) in [4.78, 5) is 2.17. The van der Waals surface area contributed by atoms with Gasteiger partial charge in [-0.3, -0.25) is 0 Å². The fourth-order valence-corrected chi connectivity index (χ4v) is 6.19. The minimum absolute atomic E-state index is 0.830. The van der Waals surface area contributed by atoms with Crippen LogP contribution < -0.4 is 10.1 Å². The van der Waals surface area contributed by atoms with Crippen LogP contribution in [0.25, 0.3) is 33.7 Å². The van der Waals surface area contributed by atoms with Gasteiger partial charge in [0.1, 0.15) is 0 Å². The Morgan fingerprint density at radius 2 is 1.04 bits per heavy atom. The average molecular weight is 650 g/mol. The van der Waals surface area contributed by atoms with Gasteiger partial charge in [-0.1, -0.05) is 135 Å². The Morgan fingerprint density at radius 1 is 0.540 bits per heavy atom. The topological polar surface area (TPSA) is 3.24 Å². The number of rotatable bonds is 13. The third-order valence-corrected chi connectivity index (χ3v) is 8.85. The van der Waals surface area contributed by atoms with Gasteiger partial charge in [-0.2, -0.15) is 0 Å². The summed E-state index contributed by atoms with van der Waals surface area (Å²) in [5.74, 6) is 0. The smallest absolute Gasteiger partial charge is 0.0461 e. The molecule has 5 aromatic rings. The minimum Gasteiger partial charge on any atom is -0.311 e. The molecule has 0 saturated carbocycles. The Balaban J connectivity index is 1.46. The second-order valence-electron chi connectivity index (χ2n) is 13.3. The molecule has 0 aliphatic heterocycles. The van der Waals surface area contributed by atoms with Crippen molar-refractivity contribution in [1.82, 2.24) is 0 Å². The van der Waals surface area contributed by atoms with Crippen molar-refractivity contribution in [3.05, 3.63) is 215 Å². The molecule has 0 saturated heterocycles. The second-order valence-corrected chi connectivity index (χ2v) is 13.3.